The summed E-state index contributed by atoms with van der Waals surface area (Å²) in [7, 11) is 0. The van der Waals surface area contributed by atoms with Crippen molar-refractivity contribution in [2.75, 3.05) is 48.4 Å². The SMILES string of the molecule is C=CC(=O)N1CCCC(Nc2nc(Nc3ccc(N4CCOCC4=C)cc3)c3c(c2F)CNC3=O)C1. The van der Waals surface area contributed by atoms with Gasteiger partial charge in [-0.1, -0.05) is 13.2 Å². The first-order valence-electron chi connectivity index (χ1n) is 12.0. The lowest BCUT2D eigenvalue weighted by atomic mass is 10.0. The number of likely N-dealkylation sites (tertiary alicyclic amines) is 1. The van der Waals surface area contributed by atoms with E-state index in [9.17, 15) is 9.59 Å². The van der Waals surface area contributed by atoms with Crippen molar-refractivity contribution in [2.24, 2.45) is 0 Å². The van der Waals surface area contributed by atoms with E-state index in [0.717, 1.165) is 30.8 Å². The lowest BCUT2D eigenvalue weighted by Gasteiger charge is -2.33. The predicted octanol–water partition coefficient (Wildman–Crippen LogP) is 3.15. The Balaban J connectivity index is 1.39. The zero-order chi connectivity index (χ0) is 25.2. The van der Waals surface area contributed by atoms with Crippen LogP contribution in [0.1, 0.15) is 28.8 Å². The molecule has 0 saturated carbocycles. The third-order valence-electron chi connectivity index (χ3n) is 6.69. The van der Waals surface area contributed by atoms with Gasteiger partial charge in [-0.05, 0) is 43.2 Å². The van der Waals surface area contributed by atoms with Crippen LogP contribution in [0.15, 0.2) is 49.2 Å². The Labute approximate surface area is 209 Å². The Kier molecular flexibility index (Phi) is 6.60. The van der Waals surface area contributed by atoms with Gasteiger partial charge in [-0.3, -0.25) is 9.59 Å². The minimum atomic E-state index is -0.553. The van der Waals surface area contributed by atoms with Gasteiger partial charge in [0.25, 0.3) is 5.91 Å². The van der Waals surface area contributed by atoms with Crippen molar-refractivity contribution in [3.05, 3.63) is 66.1 Å². The second-order valence-electron chi connectivity index (χ2n) is 9.07. The number of hydrogen-bond donors (Lipinski definition) is 3. The zero-order valence-corrected chi connectivity index (χ0v) is 20.0. The molecule has 3 N–H and O–H groups in total. The van der Waals surface area contributed by atoms with Gasteiger partial charge in [0.1, 0.15) is 5.82 Å². The predicted molar refractivity (Wildman–Crippen MR) is 136 cm³/mol. The summed E-state index contributed by atoms with van der Waals surface area (Å²) in [6, 6.07) is 7.51. The van der Waals surface area contributed by atoms with E-state index in [1.54, 1.807) is 4.90 Å². The van der Waals surface area contributed by atoms with Crippen LogP contribution in [0.2, 0.25) is 0 Å². The maximum Gasteiger partial charge on any atom is 0.255 e. The number of piperidine rings is 1. The van der Waals surface area contributed by atoms with Crippen LogP contribution in [0.4, 0.5) is 27.4 Å². The molecule has 1 atom stereocenters. The Morgan fingerprint density at radius 2 is 2.06 bits per heavy atom. The first kappa shape index (κ1) is 23.8. The number of pyridine rings is 1. The van der Waals surface area contributed by atoms with Crippen LogP contribution >= 0.6 is 0 Å². The summed E-state index contributed by atoms with van der Waals surface area (Å²) in [6.45, 7) is 10.6. The minimum absolute atomic E-state index is 0.0619. The van der Waals surface area contributed by atoms with Gasteiger partial charge in [-0.25, -0.2) is 9.37 Å². The lowest BCUT2D eigenvalue weighted by molar-refractivity contribution is -0.127. The number of ether oxygens (including phenoxy) is 1. The average molecular weight is 493 g/mol. The summed E-state index contributed by atoms with van der Waals surface area (Å²) in [5.74, 6) is -0.728. The summed E-state index contributed by atoms with van der Waals surface area (Å²) in [5.41, 5.74) is 3.07. The number of carbonyl (C=O) groups is 2. The fourth-order valence-electron chi connectivity index (χ4n) is 4.84. The summed E-state index contributed by atoms with van der Waals surface area (Å²) in [4.78, 5) is 32.8. The van der Waals surface area contributed by atoms with Crippen LogP contribution < -0.4 is 20.9 Å². The van der Waals surface area contributed by atoms with Gasteiger partial charge in [0.2, 0.25) is 5.91 Å². The largest absolute Gasteiger partial charge is 0.373 e. The molecule has 1 aromatic carbocycles. The first-order chi connectivity index (χ1) is 17.4. The van der Waals surface area contributed by atoms with Crippen LogP contribution in [-0.2, 0) is 16.1 Å². The first-order valence-corrected chi connectivity index (χ1v) is 12.0. The fourth-order valence-corrected chi connectivity index (χ4v) is 4.84. The normalized spacial score (nSPS) is 19.5. The standard InChI is InChI=1S/C26H29FN6O3/c1-3-21(34)32-10-4-5-18(14-32)30-25-23(27)20-13-28-26(35)22(20)24(31-25)29-17-6-8-19(9-7-17)33-11-12-36-15-16(33)2/h3,6-9,18H,1-2,4-5,10-15H2,(H,28,35)(H2,29,30,31). The quantitative estimate of drug-likeness (QED) is 0.533. The van der Waals surface area contributed by atoms with Crippen LogP contribution in [0.5, 0.6) is 0 Å². The molecule has 2 fully saturated rings. The number of fused-ring (bicyclic) bond motifs is 1. The number of nitrogens with zero attached hydrogens (tertiary/aromatic N) is 3. The molecule has 188 valence electrons. The number of amides is 2. The molecule has 0 radical (unpaired) electrons. The highest BCUT2D eigenvalue weighted by molar-refractivity contribution is 6.03. The van der Waals surface area contributed by atoms with Crippen molar-refractivity contribution in [1.82, 2.24) is 15.2 Å². The lowest BCUT2D eigenvalue weighted by Crippen LogP contribution is -2.44. The number of benzene rings is 1. The van der Waals surface area contributed by atoms with Crippen LogP contribution in [0.3, 0.4) is 0 Å². The van der Waals surface area contributed by atoms with Crippen molar-refractivity contribution in [2.45, 2.75) is 25.4 Å². The van der Waals surface area contributed by atoms with E-state index in [1.807, 2.05) is 24.3 Å². The van der Waals surface area contributed by atoms with E-state index in [-0.39, 0.29) is 47.2 Å². The smallest absolute Gasteiger partial charge is 0.255 e. The summed E-state index contributed by atoms with van der Waals surface area (Å²) < 4.78 is 20.8. The molecule has 0 spiro atoms. The third kappa shape index (κ3) is 4.64. The number of aromatic nitrogens is 1. The number of nitrogens with one attached hydrogen (secondary N) is 3. The van der Waals surface area contributed by atoms with Crippen molar-refractivity contribution in [3.63, 3.8) is 0 Å². The summed E-state index contributed by atoms with van der Waals surface area (Å²) >= 11 is 0. The fraction of sp³-hybridized carbons (Fsp3) is 0.346. The minimum Gasteiger partial charge on any atom is -0.373 e. The average Bonchev–Trinajstić information content (AvgIpc) is 3.29. The number of hydrogen-bond acceptors (Lipinski definition) is 7. The van der Waals surface area contributed by atoms with Gasteiger partial charge in [0, 0.05) is 54.9 Å². The molecule has 36 heavy (non-hydrogen) atoms. The van der Waals surface area contributed by atoms with Crippen molar-refractivity contribution in [1.29, 1.82) is 0 Å². The Morgan fingerprint density at radius 3 is 2.81 bits per heavy atom. The summed E-state index contributed by atoms with van der Waals surface area (Å²) in [6.07, 6.45) is 2.85. The van der Waals surface area contributed by atoms with E-state index < -0.39 is 5.82 Å². The molecule has 2 amide bonds. The topological polar surface area (TPSA) is 98.8 Å². The molecule has 1 aromatic heterocycles. The van der Waals surface area contributed by atoms with Crippen molar-refractivity contribution < 1.29 is 18.7 Å². The Morgan fingerprint density at radius 1 is 1.25 bits per heavy atom. The molecule has 5 rings (SSSR count). The second-order valence-corrected chi connectivity index (χ2v) is 9.07. The monoisotopic (exact) mass is 492 g/mol. The van der Waals surface area contributed by atoms with Gasteiger partial charge in [-0.2, -0.15) is 0 Å². The number of carbonyl (C=O) groups excluding carboxylic acids is 2. The third-order valence-corrected chi connectivity index (χ3v) is 6.69. The maximum absolute atomic E-state index is 15.4. The van der Waals surface area contributed by atoms with Gasteiger partial charge < -0.3 is 30.5 Å². The van der Waals surface area contributed by atoms with E-state index in [2.05, 4.69) is 39.0 Å². The highest BCUT2D eigenvalue weighted by Gasteiger charge is 2.31. The van der Waals surface area contributed by atoms with E-state index in [0.29, 0.717) is 32.0 Å². The molecule has 9 nitrogen and oxygen atoms in total. The molecule has 3 aliphatic heterocycles. The molecule has 2 saturated heterocycles. The molecular weight excluding hydrogens is 463 g/mol. The van der Waals surface area contributed by atoms with E-state index >= 15 is 4.39 Å². The van der Waals surface area contributed by atoms with Crippen LogP contribution in [0.25, 0.3) is 0 Å². The second kappa shape index (κ2) is 9.98. The van der Waals surface area contributed by atoms with Gasteiger partial charge >= 0.3 is 0 Å². The van der Waals surface area contributed by atoms with E-state index in [1.165, 1.54) is 6.08 Å². The maximum atomic E-state index is 15.4. The molecule has 3 aliphatic rings. The molecular formula is C26H29FN6O3. The van der Waals surface area contributed by atoms with Gasteiger partial charge in [-0.15, -0.1) is 0 Å². The number of anilines is 4. The number of halogens is 1. The Hall–Kier alpha value is -3.92. The van der Waals surface area contributed by atoms with E-state index in [4.69, 9.17) is 4.74 Å². The molecule has 1 unspecified atom stereocenters. The molecule has 0 bridgehead atoms. The van der Waals surface area contributed by atoms with Crippen LogP contribution in [-0.4, -0.2) is 60.6 Å². The van der Waals surface area contributed by atoms with Crippen LogP contribution in [0, 0.1) is 5.82 Å². The molecule has 0 aliphatic carbocycles. The Bertz CT molecular complexity index is 1220. The van der Waals surface area contributed by atoms with Gasteiger partial charge in [0.15, 0.2) is 11.6 Å². The summed E-state index contributed by atoms with van der Waals surface area (Å²) in [5, 5.41) is 9.05. The highest BCUT2D eigenvalue weighted by atomic mass is 19.1. The zero-order valence-electron chi connectivity index (χ0n) is 20.0. The molecule has 10 heteroatoms. The molecule has 4 heterocycles. The number of morpholine rings is 1. The van der Waals surface area contributed by atoms with Crippen molar-refractivity contribution in [3.8, 4) is 0 Å². The van der Waals surface area contributed by atoms with Crippen molar-refractivity contribution >= 4 is 34.8 Å². The highest BCUT2D eigenvalue weighted by Crippen LogP contribution is 2.33. The van der Waals surface area contributed by atoms with Gasteiger partial charge in [0.05, 0.1) is 18.8 Å². The number of rotatable bonds is 6. The molecule has 2 aromatic rings.